The molecule has 0 saturated heterocycles. The summed E-state index contributed by atoms with van der Waals surface area (Å²) < 4.78 is 16.4. The monoisotopic (exact) mass is 315 g/mol. The summed E-state index contributed by atoms with van der Waals surface area (Å²) in [4.78, 5) is 28.4. The number of aryl methyl sites for hydroxylation is 2. The lowest BCUT2D eigenvalue weighted by Crippen LogP contribution is -2.28. The number of carbonyl (C=O) groups is 1. The minimum Gasteiger partial charge on any atom is -0.322 e. The molecule has 3 aromatic rings. The molecule has 0 aliphatic rings. The molecule has 3 rings (SSSR count). The molecule has 0 fully saturated rings. The minimum absolute atomic E-state index is 0.0732. The maximum Gasteiger partial charge on any atom is 0.264 e. The van der Waals surface area contributed by atoms with E-state index in [9.17, 15) is 14.0 Å². The molecule has 23 heavy (non-hydrogen) atoms. The zero-order chi connectivity index (χ0) is 16.6. The van der Waals surface area contributed by atoms with E-state index in [0.29, 0.717) is 11.0 Å². The third kappa shape index (κ3) is 2.83. The van der Waals surface area contributed by atoms with Gasteiger partial charge in [-0.05, 0) is 24.6 Å². The van der Waals surface area contributed by atoms with Gasteiger partial charge in [0.15, 0.2) is 5.65 Å². The molecule has 118 valence electrons. The summed E-state index contributed by atoms with van der Waals surface area (Å²) in [6.07, 6.45) is 2.68. The molecule has 0 aliphatic carbocycles. The maximum atomic E-state index is 13.7. The van der Waals surface area contributed by atoms with E-state index in [2.05, 4.69) is 15.4 Å². The summed E-state index contributed by atoms with van der Waals surface area (Å²) >= 11 is 0. The Bertz CT molecular complexity index is 960. The number of hydrogen-bond donors (Lipinski definition) is 1. The van der Waals surface area contributed by atoms with Crippen LogP contribution in [-0.4, -0.2) is 25.2 Å². The van der Waals surface area contributed by atoms with Crippen LogP contribution in [0.4, 0.5) is 10.1 Å². The number of aromatic nitrogens is 4. The molecule has 8 heteroatoms. The second-order valence-corrected chi connectivity index (χ2v) is 5.21. The molecule has 0 radical (unpaired) electrons. The molecule has 0 unspecified atom stereocenters. The average Bonchev–Trinajstić information content (AvgIpc) is 2.87. The van der Waals surface area contributed by atoms with E-state index in [-0.39, 0.29) is 17.8 Å². The normalized spacial score (nSPS) is 10.9. The summed E-state index contributed by atoms with van der Waals surface area (Å²) in [5.74, 6) is -1.04. The van der Waals surface area contributed by atoms with Gasteiger partial charge in [0.1, 0.15) is 24.1 Å². The highest BCUT2D eigenvalue weighted by Crippen LogP contribution is 2.15. The summed E-state index contributed by atoms with van der Waals surface area (Å²) in [5, 5.41) is 6.72. The van der Waals surface area contributed by atoms with Gasteiger partial charge in [-0.25, -0.2) is 9.37 Å². The number of carbonyl (C=O) groups excluding carboxylic acids is 1. The summed E-state index contributed by atoms with van der Waals surface area (Å²) in [6, 6.07) is 4.49. The van der Waals surface area contributed by atoms with Crippen molar-refractivity contribution in [2.45, 2.75) is 13.5 Å². The van der Waals surface area contributed by atoms with Crippen LogP contribution in [0.2, 0.25) is 0 Å². The molecule has 0 saturated carbocycles. The van der Waals surface area contributed by atoms with Crippen LogP contribution in [0, 0.1) is 12.7 Å². The van der Waals surface area contributed by atoms with Gasteiger partial charge in [0, 0.05) is 7.05 Å². The Morgan fingerprint density at radius 2 is 2.17 bits per heavy atom. The van der Waals surface area contributed by atoms with E-state index in [0.717, 1.165) is 10.1 Å². The van der Waals surface area contributed by atoms with Crippen LogP contribution in [-0.2, 0) is 18.4 Å². The second-order valence-electron chi connectivity index (χ2n) is 5.21. The van der Waals surface area contributed by atoms with Crippen LogP contribution < -0.4 is 10.9 Å². The van der Waals surface area contributed by atoms with Crippen molar-refractivity contribution >= 4 is 22.6 Å². The molecular formula is C15H14FN5O2. The van der Waals surface area contributed by atoms with Gasteiger partial charge < -0.3 is 5.32 Å². The standard InChI is InChI=1S/C15H14FN5O2/c1-9-3-4-12(11(16)5-9)19-13(22)7-21-8-17-14-10(15(21)23)6-18-20(14)2/h3-6,8H,7H2,1-2H3,(H,19,22). The van der Waals surface area contributed by atoms with Crippen molar-refractivity contribution in [3.8, 4) is 0 Å². The van der Waals surface area contributed by atoms with Gasteiger partial charge in [-0.1, -0.05) is 6.07 Å². The Labute approximate surface area is 130 Å². The number of fused-ring (bicyclic) bond motifs is 1. The highest BCUT2D eigenvalue weighted by molar-refractivity contribution is 5.90. The fraction of sp³-hybridized carbons (Fsp3) is 0.200. The molecular weight excluding hydrogens is 301 g/mol. The first kappa shape index (κ1) is 14.9. The number of hydrogen-bond acceptors (Lipinski definition) is 4. The first-order chi connectivity index (χ1) is 11.0. The number of anilines is 1. The predicted octanol–water partition coefficient (Wildman–Crippen LogP) is 1.22. The van der Waals surface area contributed by atoms with Gasteiger partial charge in [0.2, 0.25) is 5.91 Å². The molecule has 0 aliphatic heterocycles. The first-order valence-corrected chi connectivity index (χ1v) is 6.89. The largest absolute Gasteiger partial charge is 0.322 e. The molecule has 0 bridgehead atoms. The SMILES string of the molecule is Cc1ccc(NC(=O)Cn2cnc3c(cnn3C)c2=O)c(F)c1. The van der Waals surface area contributed by atoms with E-state index < -0.39 is 11.7 Å². The van der Waals surface area contributed by atoms with Crippen LogP contribution in [0.25, 0.3) is 11.0 Å². The van der Waals surface area contributed by atoms with Crippen molar-refractivity contribution in [1.29, 1.82) is 0 Å². The fourth-order valence-corrected chi connectivity index (χ4v) is 2.25. The lowest BCUT2D eigenvalue weighted by atomic mass is 10.2. The quantitative estimate of drug-likeness (QED) is 0.788. The highest BCUT2D eigenvalue weighted by Gasteiger charge is 2.12. The van der Waals surface area contributed by atoms with E-state index >= 15 is 0 Å². The van der Waals surface area contributed by atoms with E-state index in [1.54, 1.807) is 20.0 Å². The summed E-state index contributed by atoms with van der Waals surface area (Å²) in [7, 11) is 1.67. The van der Waals surface area contributed by atoms with Crippen LogP contribution in [0.5, 0.6) is 0 Å². The number of rotatable bonds is 3. The van der Waals surface area contributed by atoms with Crippen LogP contribution in [0.3, 0.4) is 0 Å². The van der Waals surface area contributed by atoms with Gasteiger partial charge in [-0.15, -0.1) is 0 Å². The van der Waals surface area contributed by atoms with Crippen molar-refractivity contribution < 1.29 is 9.18 Å². The Balaban J connectivity index is 1.83. The lowest BCUT2D eigenvalue weighted by molar-refractivity contribution is -0.116. The number of nitrogens with one attached hydrogen (secondary N) is 1. The number of amides is 1. The lowest BCUT2D eigenvalue weighted by Gasteiger charge is -2.08. The van der Waals surface area contributed by atoms with E-state index in [4.69, 9.17) is 0 Å². The zero-order valence-electron chi connectivity index (χ0n) is 12.6. The molecule has 2 aromatic heterocycles. The average molecular weight is 315 g/mol. The molecule has 2 heterocycles. The molecule has 1 N–H and O–H groups in total. The van der Waals surface area contributed by atoms with Gasteiger partial charge in [-0.2, -0.15) is 5.10 Å². The topological polar surface area (TPSA) is 81.8 Å². The van der Waals surface area contributed by atoms with Crippen molar-refractivity contribution in [3.05, 3.63) is 52.5 Å². The van der Waals surface area contributed by atoms with Crippen LogP contribution in [0.15, 0.2) is 35.5 Å². The van der Waals surface area contributed by atoms with Crippen LogP contribution >= 0.6 is 0 Å². The Hall–Kier alpha value is -3.03. The Kier molecular flexibility index (Phi) is 3.65. The first-order valence-electron chi connectivity index (χ1n) is 6.89. The third-order valence-electron chi connectivity index (χ3n) is 3.43. The zero-order valence-corrected chi connectivity index (χ0v) is 12.6. The molecule has 1 aromatic carbocycles. The molecule has 0 spiro atoms. The fourth-order valence-electron chi connectivity index (χ4n) is 2.25. The second kappa shape index (κ2) is 5.64. The third-order valence-corrected chi connectivity index (χ3v) is 3.43. The molecule has 1 amide bonds. The summed E-state index contributed by atoms with van der Waals surface area (Å²) in [6.45, 7) is 1.49. The maximum absolute atomic E-state index is 13.7. The Morgan fingerprint density at radius 3 is 2.91 bits per heavy atom. The van der Waals surface area contributed by atoms with Gasteiger partial charge in [-0.3, -0.25) is 18.8 Å². The Morgan fingerprint density at radius 1 is 1.39 bits per heavy atom. The summed E-state index contributed by atoms with van der Waals surface area (Å²) in [5.41, 5.74) is 0.894. The van der Waals surface area contributed by atoms with Crippen LogP contribution in [0.1, 0.15) is 5.56 Å². The number of halogens is 1. The van der Waals surface area contributed by atoms with Crippen molar-refractivity contribution in [2.24, 2.45) is 7.05 Å². The molecule has 7 nitrogen and oxygen atoms in total. The number of benzene rings is 1. The predicted molar refractivity (Wildman–Crippen MR) is 82.5 cm³/mol. The number of nitrogens with zero attached hydrogens (tertiary/aromatic N) is 4. The minimum atomic E-state index is -0.522. The van der Waals surface area contributed by atoms with Crippen molar-refractivity contribution in [2.75, 3.05) is 5.32 Å². The van der Waals surface area contributed by atoms with Crippen molar-refractivity contribution in [1.82, 2.24) is 19.3 Å². The van der Waals surface area contributed by atoms with Gasteiger partial charge >= 0.3 is 0 Å². The molecule has 0 atom stereocenters. The van der Waals surface area contributed by atoms with Gasteiger partial charge in [0.25, 0.3) is 5.56 Å². The van der Waals surface area contributed by atoms with Gasteiger partial charge in [0.05, 0.1) is 11.9 Å². The van der Waals surface area contributed by atoms with Crippen molar-refractivity contribution in [3.63, 3.8) is 0 Å². The highest BCUT2D eigenvalue weighted by atomic mass is 19.1. The van der Waals surface area contributed by atoms with E-state index in [1.165, 1.54) is 29.3 Å². The smallest absolute Gasteiger partial charge is 0.264 e. The van der Waals surface area contributed by atoms with E-state index in [1.807, 2.05) is 0 Å².